The number of rotatable bonds is 2. The smallest absolute Gasteiger partial charge is 0.130 e. The van der Waals surface area contributed by atoms with Crippen molar-refractivity contribution in [3.8, 4) is 17.2 Å². The van der Waals surface area contributed by atoms with Gasteiger partial charge in [-0.2, -0.15) is 0 Å². The van der Waals surface area contributed by atoms with Gasteiger partial charge < -0.3 is 9.84 Å². The lowest BCUT2D eigenvalue weighted by molar-refractivity contribution is 0.466. The van der Waals surface area contributed by atoms with Gasteiger partial charge in [0.25, 0.3) is 0 Å². The molecule has 0 spiro atoms. The topological polar surface area (TPSA) is 29.5 Å². The molecule has 0 aliphatic heterocycles. The molecule has 0 unspecified atom stereocenters. The zero-order chi connectivity index (χ0) is 14.2. The Morgan fingerprint density at radius 1 is 0.895 bits per heavy atom. The van der Waals surface area contributed by atoms with Crippen LogP contribution in [-0.2, 0) is 0 Å². The van der Waals surface area contributed by atoms with E-state index in [0.29, 0.717) is 5.75 Å². The molecule has 6 heteroatoms. The summed E-state index contributed by atoms with van der Waals surface area (Å²) in [4.78, 5) is 0. The monoisotopic (exact) mass is 240 g/mol. The van der Waals surface area contributed by atoms with E-state index in [0.717, 1.165) is 5.56 Å². The van der Waals surface area contributed by atoms with E-state index in [-0.39, 0.29) is 33.4 Å². The first kappa shape index (κ1) is 13.7. The van der Waals surface area contributed by atoms with Crippen molar-refractivity contribution in [3.63, 3.8) is 0 Å². The number of aryl methyl sites for hydroxylation is 1. The van der Waals surface area contributed by atoms with E-state index in [4.69, 9.17) is 36.1 Å². The third kappa shape index (κ3) is 2.40. The highest BCUT2D eigenvalue weighted by atomic mass is 16.5. The first-order valence-electron chi connectivity index (χ1n) is 5.61. The minimum atomic E-state index is -0.324. The predicted molar refractivity (Wildman–Crippen MR) is 80.9 cm³/mol. The number of phenolic OH excluding ortho intramolecular Hbond substituents is 1. The number of benzene rings is 2. The van der Waals surface area contributed by atoms with Crippen molar-refractivity contribution in [1.82, 2.24) is 0 Å². The highest BCUT2D eigenvalue weighted by molar-refractivity contribution is 6.61. The van der Waals surface area contributed by atoms with Gasteiger partial charge in [0.2, 0.25) is 0 Å². The van der Waals surface area contributed by atoms with Crippen LogP contribution in [-0.4, -0.2) is 36.5 Å². The van der Waals surface area contributed by atoms with Crippen molar-refractivity contribution in [1.29, 1.82) is 0 Å². The molecule has 2 aromatic carbocycles. The van der Waals surface area contributed by atoms with E-state index in [2.05, 4.69) is 0 Å². The van der Waals surface area contributed by atoms with E-state index < -0.39 is 0 Å². The Hall–Kier alpha value is -1.70. The van der Waals surface area contributed by atoms with Gasteiger partial charge in [-0.25, -0.2) is 0 Å². The molecule has 0 aliphatic rings. The summed E-state index contributed by atoms with van der Waals surface area (Å²) >= 11 is 0. The van der Waals surface area contributed by atoms with Crippen LogP contribution >= 0.6 is 0 Å². The van der Waals surface area contributed by atoms with Crippen LogP contribution in [0.2, 0.25) is 0 Å². The summed E-state index contributed by atoms with van der Waals surface area (Å²) in [6.07, 6.45) is 0. The molecule has 0 saturated heterocycles. The SMILES string of the molecule is [B]c1c([B])c(O)c([B])c(Oc2ccccc2C)c1[B]. The lowest BCUT2D eigenvalue weighted by atomic mass is 9.68. The highest BCUT2D eigenvalue weighted by Gasteiger charge is 2.14. The molecule has 0 aliphatic carbocycles. The molecule has 19 heavy (non-hydrogen) atoms. The number of hydrogen-bond donors (Lipinski definition) is 1. The fourth-order valence-corrected chi connectivity index (χ4v) is 1.68. The molecule has 0 amide bonds. The summed E-state index contributed by atoms with van der Waals surface area (Å²) in [5, 5.41) is 9.77. The number of aromatic hydroxyl groups is 1. The predicted octanol–water partition coefficient (Wildman–Crippen LogP) is -1.33. The van der Waals surface area contributed by atoms with Gasteiger partial charge in [-0.3, -0.25) is 0 Å². The second-order valence-electron chi connectivity index (χ2n) is 4.20. The molecule has 2 rings (SSSR count). The standard InChI is InChI=1S/C13H8B4O2/c1-6-4-2-3-5-7(6)19-13-10(16)8(14)9(15)12(18)11(13)17/h2-5,18H,1H3. The van der Waals surface area contributed by atoms with Crippen molar-refractivity contribution in [2.75, 3.05) is 0 Å². The first-order valence-corrected chi connectivity index (χ1v) is 5.61. The molecule has 8 radical (unpaired) electrons. The van der Waals surface area contributed by atoms with E-state index in [1.807, 2.05) is 25.1 Å². The van der Waals surface area contributed by atoms with Gasteiger partial charge in [0, 0.05) is 0 Å². The molecule has 0 saturated carbocycles. The largest absolute Gasteiger partial charge is 0.509 e. The maximum Gasteiger partial charge on any atom is 0.130 e. The summed E-state index contributed by atoms with van der Waals surface area (Å²) in [5.41, 5.74) is 0.974. The van der Waals surface area contributed by atoms with Crippen molar-refractivity contribution < 1.29 is 9.84 Å². The Morgan fingerprint density at radius 2 is 1.53 bits per heavy atom. The van der Waals surface area contributed by atoms with E-state index in [1.165, 1.54) is 0 Å². The maximum absolute atomic E-state index is 9.77. The number of para-hydroxylation sites is 1. The molecule has 0 fully saturated rings. The average Bonchev–Trinajstić information content (AvgIpc) is 2.41. The summed E-state index contributed by atoms with van der Waals surface area (Å²) in [7, 11) is 22.9. The van der Waals surface area contributed by atoms with Crippen molar-refractivity contribution in [2.45, 2.75) is 6.92 Å². The summed E-state index contributed by atoms with van der Waals surface area (Å²) in [5.74, 6) is 0.359. The van der Waals surface area contributed by atoms with E-state index in [1.54, 1.807) is 6.07 Å². The number of phenols is 1. The van der Waals surface area contributed by atoms with Crippen LogP contribution in [0, 0.1) is 6.92 Å². The van der Waals surface area contributed by atoms with Gasteiger partial charge in [0.1, 0.15) is 48.6 Å². The third-order valence-corrected chi connectivity index (χ3v) is 2.89. The summed E-state index contributed by atoms with van der Waals surface area (Å²) in [6.45, 7) is 1.88. The second-order valence-corrected chi connectivity index (χ2v) is 4.20. The molecular formula is C13H8B4O2. The van der Waals surface area contributed by atoms with Crippen LogP contribution in [0.3, 0.4) is 0 Å². The highest BCUT2D eigenvalue weighted by Crippen LogP contribution is 2.22. The molecule has 0 heterocycles. The minimum absolute atomic E-state index is 0.0348. The van der Waals surface area contributed by atoms with Crippen molar-refractivity contribution in [2.24, 2.45) is 0 Å². The van der Waals surface area contributed by atoms with Gasteiger partial charge in [-0.1, -0.05) is 29.1 Å². The molecule has 2 nitrogen and oxygen atoms in total. The Balaban J connectivity index is 2.56. The Bertz CT molecular complexity index is 612. The molecule has 0 atom stereocenters. The van der Waals surface area contributed by atoms with Gasteiger partial charge in [-0.15, -0.1) is 5.46 Å². The summed E-state index contributed by atoms with van der Waals surface area (Å²) < 4.78 is 5.64. The molecule has 1 N–H and O–H groups in total. The Labute approximate surface area is 117 Å². The maximum atomic E-state index is 9.77. The molecule has 84 valence electrons. The minimum Gasteiger partial charge on any atom is -0.509 e. The Morgan fingerprint density at radius 3 is 2.16 bits per heavy atom. The van der Waals surface area contributed by atoms with Gasteiger partial charge >= 0.3 is 0 Å². The number of hydrogen-bond acceptors (Lipinski definition) is 2. The van der Waals surface area contributed by atoms with Crippen molar-refractivity contribution in [3.05, 3.63) is 29.8 Å². The average molecular weight is 239 g/mol. The lowest BCUT2D eigenvalue weighted by Gasteiger charge is -2.20. The van der Waals surface area contributed by atoms with E-state index in [9.17, 15) is 5.11 Å². The molecular weight excluding hydrogens is 231 g/mol. The fraction of sp³-hybridized carbons (Fsp3) is 0.0769. The molecule has 0 aromatic heterocycles. The van der Waals surface area contributed by atoms with Gasteiger partial charge in [0.05, 0.1) is 0 Å². The molecule has 2 aromatic rings. The van der Waals surface area contributed by atoms with Crippen LogP contribution in [0.25, 0.3) is 0 Å². The van der Waals surface area contributed by atoms with Crippen LogP contribution in [0.5, 0.6) is 17.2 Å². The van der Waals surface area contributed by atoms with Crippen LogP contribution in [0.4, 0.5) is 0 Å². The van der Waals surface area contributed by atoms with Gasteiger partial charge in [-0.05, 0) is 24.0 Å². The van der Waals surface area contributed by atoms with Crippen LogP contribution in [0.15, 0.2) is 24.3 Å². The summed E-state index contributed by atoms with van der Waals surface area (Å²) in [6, 6.07) is 7.33. The normalized spacial score (nSPS) is 10.4. The second kappa shape index (κ2) is 5.12. The third-order valence-electron chi connectivity index (χ3n) is 2.89. The van der Waals surface area contributed by atoms with Crippen LogP contribution in [0.1, 0.15) is 5.56 Å². The van der Waals surface area contributed by atoms with Crippen molar-refractivity contribution >= 4 is 53.2 Å². The fourth-order valence-electron chi connectivity index (χ4n) is 1.68. The Kier molecular flexibility index (Phi) is 3.70. The first-order chi connectivity index (χ1) is 8.93. The quantitative estimate of drug-likeness (QED) is 0.658. The zero-order valence-corrected chi connectivity index (χ0v) is 10.5. The lowest BCUT2D eigenvalue weighted by Crippen LogP contribution is -2.43. The van der Waals surface area contributed by atoms with E-state index >= 15 is 0 Å². The zero-order valence-electron chi connectivity index (χ0n) is 10.5. The van der Waals surface area contributed by atoms with Crippen LogP contribution < -0.4 is 26.6 Å². The van der Waals surface area contributed by atoms with Gasteiger partial charge in [0.15, 0.2) is 0 Å². The number of ether oxygens (including phenoxy) is 1. The molecule has 0 bridgehead atoms.